The molecule has 0 saturated heterocycles. The second-order valence-corrected chi connectivity index (χ2v) is 5.94. The second kappa shape index (κ2) is 4.42. The molecule has 1 aromatic rings. The first-order valence-electron chi connectivity index (χ1n) is 6.53. The molecular formula is C14H18BrNO2. The monoisotopic (exact) mass is 311 g/mol. The number of fused-ring (bicyclic) bond motifs is 1. The van der Waals surface area contributed by atoms with Crippen LogP contribution in [0.3, 0.4) is 0 Å². The largest absolute Gasteiger partial charge is 0.454 e. The van der Waals surface area contributed by atoms with Crippen LogP contribution in [0.25, 0.3) is 0 Å². The number of halogens is 1. The SMILES string of the molecule is CCc1c(C2(CN)CCC2)cc2c(c1Br)OCO2. The van der Waals surface area contributed by atoms with E-state index in [1.165, 1.54) is 30.4 Å². The minimum absolute atomic E-state index is 0.162. The summed E-state index contributed by atoms with van der Waals surface area (Å²) in [7, 11) is 0. The fourth-order valence-corrected chi connectivity index (χ4v) is 3.85. The molecule has 1 fully saturated rings. The third-order valence-corrected chi connectivity index (χ3v) is 5.17. The van der Waals surface area contributed by atoms with Crippen molar-refractivity contribution in [3.8, 4) is 11.5 Å². The molecule has 2 N–H and O–H groups in total. The Labute approximate surface area is 116 Å². The Morgan fingerprint density at radius 1 is 1.39 bits per heavy atom. The highest BCUT2D eigenvalue weighted by molar-refractivity contribution is 9.10. The van der Waals surface area contributed by atoms with Gasteiger partial charge in [0.2, 0.25) is 6.79 Å². The summed E-state index contributed by atoms with van der Waals surface area (Å²) in [5, 5.41) is 0. The van der Waals surface area contributed by atoms with Crippen molar-refractivity contribution in [2.24, 2.45) is 5.73 Å². The summed E-state index contributed by atoms with van der Waals surface area (Å²) in [6, 6.07) is 2.15. The van der Waals surface area contributed by atoms with E-state index in [2.05, 4.69) is 28.9 Å². The molecule has 4 heteroatoms. The van der Waals surface area contributed by atoms with Crippen LogP contribution in [0.15, 0.2) is 10.5 Å². The molecule has 1 saturated carbocycles. The summed E-state index contributed by atoms with van der Waals surface area (Å²) in [6.07, 6.45) is 4.62. The van der Waals surface area contributed by atoms with Crippen molar-refractivity contribution in [2.75, 3.05) is 13.3 Å². The van der Waals surface area contributed by atoms with Crippen molar-refractivity contribution >= 4 is 15.9 Å². The highest BCUT2D eigenvalue weighted by Crippen LogP contribution is 2.51. The predicted molar refractivity (Wildman–Crippen MR) is 74.2 cm³/mol. The van der Waals surface area contributed by atoms with Crippen LogP contribution < -0.4 is 15.2 Å². The van der Waals surface area contributed by atoms with Gasteiger partial charge in [0.15, 0.2) is 11.5 Å². The van der Waals surface area contributed by atoms with Gasteiger partial charge in [-0.1, -0.05) is 13.3 Å². The van der Waals surface area contributed by atoms with E-state index in [0.717, 1.165) is 22.4 Å². The summed E-state index contributed by atoms with van der Waals surface area (Å²) in [5.41, 5.74) is 8.87. The summed E-state index contributed by atoms with van der Waals surface area (Å²) >= 11 is 3.67. The van der Waals surface area contributed by atoms with Crippen LogP contribution in [-0.4, -0.2) is 13.3 Å². The smallest absolute Gasteiger partial charge is 0.231 e. The molecule has 18 heavy (non-hydrogen) atoms. The average Bonchev–Trinajstić information content (AvgIpc) is 2.77. The molecule has 0 bridgehead atoms. The molecule has 2 aliphatic rings. The van der Waals surface area contributed by atoms with Crippen molar-refractivity contribution in [2.45, 2.75) is 38.0 Å². The maximum atomic E-state index is 6.03. The van der Waals surface area contributed by atoms with Gasteiger partial charge >= 0.3 is 0 Å². The van der Waals surface area contributed by atoms with E-state index in [9.17, 15) is 0 Å². The molecule has 0 spiro atoms. The van der Waals surface area contributed by atoms with Crippen molar-refractivity contribution in [1.29, 1.82) is 0 Å². The van der Waals surface area contributed by atoms with E-state index in [0.29, 0.717) is 13.3 Å². The summed E-state index contributed by atoms with van der Waals surface area (Å²) in [5.74, 6) is 1.70. The number of rotatable bonds is 3. The molecule has 3 rings (SSSR count). The lowest BCUT2D eigenvalue weighted by atomic mass is 9.63. The van der Waals surface area contributed by atoms with Crippen LogP contribution in [0.4, 0.5) is 0 Å². The number of nitrogens with two attached hydrogens (primary N) is 1. The van der Waals surface area contributed by atoms with E-state index in [-0.39, 0.29) is 5.41 Å². The first kappa shape index (κ1) is 12.3. The third-order valence-electron chi connectivity index (χ3n) is 4.33. The Morgan fingerprint density at radius 3 is 2.72 bits per heavy atom. The Morgan fingerprint density at radius 2 is 2.17 bits per heavy atom. The number of ether oxygens (including phenoxy) is 2. The average molecular weight is 312 g/mol. The van der Waals surface area contributed by atoms with E-state index in [1.807, 2.05) is 0 Å². The lowest BCUT2D eigenvalue weighted by Gasteiger charge is -2.43. The van der Waals surface area contributed by atoms with Crippen LogP contribution in [0, 0.1) is 0 Å². The van der Waals surface area contributed by atoms with Crippen molar-refractivity contribution < 1.29 is 9.47 Å². The first-order chi connectivity index (χ1) is 8.72. The van der Waals surface area contributed by atoms with Gasteiger partial charge in [-0.2, -0.15) is 0 Å². The zero-order chi connectivity index (χ0) is 12.8. The molecule has 0 aromatic heterocycles. The molecule has 0 atom stereocenters. The lowest BCUT2D eigenvalue weighted by molar-refractivity contribution is 0.173. The normalized spacial score (nSPS) is 19.7. The van der Waals surface area contributed by atoms with E-state index in [4.69, 9.17) is 15.2 Å². The summed E-state index contributed by atoms with van der Waals surface area (Å²) in [6.45, 7) is 3.21. The Kier molecular flexibility index (Phi) is 3.02. The van der Waals surface area contributed by atoms with E-state index < -0.39 is 0 Å². The van der Waals surface area contributed by atoms with Crippen LogP contribution in [-0.2, 0) is 11.8 Å². The van der Waals surface area contributed by atoms with Gasteiger partial charge in [-0.25, -0.2) is 0 Å². The van der Waals surface area contributed by atoms with Gasteiger partial charge in [0.25, 0.3) is 0 Å². The van der Waals surface area contributed by atoms with Gasteiger partial charge in [0, 0.05) is 12.0 Å². The highest BCUT2D eigenvalue weighted by Gasteiger charge is 2.40. The molecule has 0 radical (unpaired) electrons. The number of hydrogen-bond donors (Lipinski definition) is 1. The third kappa shape index (κ3) is 1.58. The second-order valence-electron chi connectivity index (χ2n) is 5.14. The van der Waals surface area contributed by atoms with Gasteiger partial charge < -0.3 is 15.2 Å². The summed E-state index contributed by atoms with van der Waals surface area (Å²) in [4.78, 5) is 0. The molecule has 1 aliphatic carbocycles. The maximum absolute atomic E-state index is 6.03. The number of hydrogen-bond acceptors (Lipinski definition) is 3. The Balaban J connectivity index is 2.17. The van der Waals surface area contributed by atoms with Gasteiger partial charge in [-0.05, 0) is 52.4 Å². The van der Waals surface area contributed by atoms with Crippen LogP contribution >= 0.6 is 15.9 Å². The predicted octanol–water partition coefficient (Wildman–Crippen LogP) is 3.12. The molecule has 1 aliphatic heterocycles. The topological polar surface area (TPSA) is 44.5 Å². The van der Waals surface area contributed by atoms with Crippen LogP contribution in [0.2, 0.25) is 0 Å². The van der Waals surface area contributed by atoms with Gasteiger partial charge in [-0.3, -0.25) is 0 Å². The molecule has 0 unspecified atom stereocenters. The van der Waals surface area contributed by atoms with Gasteiger partial charge in [0.05, 0.1) is 4.47 Å². The zero-order valence-corrected chi connectivity index (χ0v) is 12.2. The highest BCUT2D eigenvalue weighted by atomic mass is 79.9. The fourth-order valence-electron chi connectivity index (χ4n) is 3.05. The first-order valence-corrected chi connectivity index (χ1v) is 7.32. The standard InChI is InChI=1S/C14H18BrNO2/c1-2-9-10(14(7-16)4-3-5-14)6-11-13(12(9)15)18-8-17-11/h6H,2-5,7-8,16H2,1H3. The van der Waals surface area contributed by atoms with E-state index >= 15 is 0 Å². The Bertz CT molecular complexity index is 478. The van der Waals surface area contributed by atoms with Gasteiger partial charge in [0.1, 0.15) is 0 Å². The minimum Gasteiger partial charge on any atom is -0.454 e. The summed E-state index contributed by atoms with van der Waals surface area (Å²) < 4.78 is 12.1. The van der Waals surface area contributed by atoms with Crippen molar-refractivity contribution in [3.05, 3.63) is 21.7 Å². The van der Waals surface area contributed by atoms with Crippen molar-refractivity contribution in [1.82, 2.24) is 0 Å². The van der Waals surface area contributed by atoms with E-state index in [1.54, 1.807) is 0 Å². The van der Waals surface area contributed by atoms with Gasteiger partial charge in [-0.15, -0.1) is 0 Å². The molecule has 1 heterocycles. The molecule has 1 aromatic carbocycles. The van der Waals surface area contributed by atoms with Crippen LogP contribution in [0.1, 0.15) is 37.3 Å². The quantitative estimate of drug-likeness (QED) is 0.932. The van der Waals surface area contributed by atoms with Crippen molar-refractivity contribution in [3.63, 3.8) is 0 Å². The molecule has 3 nitrogen and oxygen atoms in total. The number of benzene rings is 1. The lowest BCUT2D eigenvalue weighted by Crippen LogP contribution is -2.42. The minimum atomic E-state index is 0.162. The maximum Gasteiger partial charge on any atom is 0.231 e. The molecule has 0 amide bonds. The zero-order valence-electron chi connectivity index (χ0n) is 10.6. The fraction of sp³-hybridized carbons (Fsp3) is 0.571. The Hall–Kier alpha value is -0.740. The van der Waals surface area contributed by atoms with Crippen LogP contribution in [0.5, 0.6) is 11.5 Å². The molecular weight excluding hydrogens is 294 g/mol. The molecule has 98 valence electrons.